The van der Waals surface area contributed by atoms with Crippen molar-refractivity contribution in [1.29, 1.82) is 0 Å². The number of pyridine rings is 1. The molecule has 0 spiro atoms. The van der Waals surface area contributed by atoms with E-state index in [1.807, 2.05) is 0 Å². The number of urea groups is 1. The molecular formula is C27H21FN6O5S2. The highest BCUT2D eigenvalue weighted by Crippen LogP contribution is 2.38. The number of hydrogen-bond donors (Lipinski definition) is 2. The molecule has 1 saturated heterocycles. The Bertz CT molecular complexity index is 1910. The monoisotopic (exact) mass is 592 g/mol. The number of carbonyl (C=O) groups excluding carboxylic acids is 2. The molecule has 5 aromatic rings. The SMILES string of the molecule is CC1(Cc2nnc(C(c3nc4ccc(-c5ccnc(F)c5)cc4s3)S(=O)(=O)Cc3ccccc3)o2)NC(=O)NC1=O. The van der Waals surface area contributed by atoms with Gasteiger partial charge in [-0.2, -0.15) is 4.39 Å². The van der Waals surface area contributed by atoms with Crippen LogP contribution in [0.25, 0.3) is 21.3 Å². The smallest absolute Gasteiger partial charge is 0.322 e. The van der Waals surface area contributed by atoms with E-state index in [0.29, 0.717) is 26.9 Å². The highest BCUT2D eigenvalue weighted by Gasteiger charge is 2.44. The van der Waals surface area contributed by atoms with Gasteiger partial charge >= 0.3 is 6.03 Å². The molecule has 0 bridgehead atoms. The van der Waals surface area contributed by atoms with Crippen LogP contribution in [0.5, 0.6) is 0 Å². The average Bonchev–Trinajstić information content (AvgIpc) is 3.61. The number of rotatable bonds is 8. The zero-order valence-corrected chi connectivity index (χ0v) is 23.0. The summed E-state index contributed by atoms with van der Waals surface area (Å²) in [7, 11) is -4.00. The standard InChI is InChI=1S/C27H21FN6O5S2/c1-27(25(35)31-26(36)32-27)13-21-33-34-23(39-21)22(41(37,38)14-15-5-3-2-4-6-15)24-30-18-8-7-16(11-19(18)40-24)17-9-10-29-20(28)12-17/h2-12,22H,13-14H2,1H3,(H2,31,32,35,36). The number of nitrogens with one attached hydrogen (secondary N) is 2. The highest BCUT2D eigenvalue weighted by molar-refractivity contribution is 7.91. The molecule has 2 N–H and O–H groups in total. The van der Waals surface area contributed by atoms with Crippen molar-refractivity contribution in [3.05, 3.63) is 95.2 Å². The van der Waals surface area contributed by atoms with E-state index < -0.39 is 38.5 Å². The molecule has 4 heterocycles. The lowest BCUT2D eigenvalue weighted by molar-refractivity contribution is -0.123. The molecule has 0 radical (unpaired) electrons. The molecule has 1 aliphatic heterocycles. The van der Waals surface area contributed by atoms with Crippen molar-refractivity contribution in [2.75, 3.05) is 0 Å². The van der Waals surface area contributed by atoms with Gasteiger partial charge in [0.15, 0.2) is 15.1 Å². The van der Waals surface area contributed by atoms with Gasteiger partial charge in [0.2, 0.25) is 17.7 Å². The molecule has 0 aliphatic carbocycles. The number of amides is 3. The summed E-state index contributed by atoms with van der Waals surface area (Å²) in [4.78, 5) is 32.1. The minimum atomic E-state index is -4.00. The van der Waals surface area contributed by atoms with Crippen LogP contribution in [-0.4, -0.2) is 46.1 Å². The van der Waals surface area contributed by atoms with Crippen LogP contribution in [0, 0.1) is 5.95 Å². The van der Waals surface area contributed by atoms with E-state index in [0.717, 1.165) is 11.3 Å². The second-order valence-electron chi connectivity index (χ2n) is 9.73. The number of fused-ring (bicyclic) bond motifs is 1. The summed E-state index contributed by atoms with van der Waals surface area (Å²) in [5, 5.41) is 11.5. The minimum absolute atomic E-state index is 0.0251. The van der Waals surface area contributed by atoms with Crippen LogP contribution in [0.15, 0.2) is 71.3 Å². The first-order valence-electron chi connectivity index (χ1n) is 12.3. The van der Waals surface area contributed by atoms with Crippen LogP contribution in [-0.2, 0) is 26.8 Å². The van der Waals surface area contributed by atoms with Crippen molar-refractivity contribution in [2.24, 2.45) is 0 Å². The van der Waals surface area contributed by atoms with E-state index in [2.05, 4.69) is 30.8 Å². The normalized spacial score (nSPS) is 17.9. The fourth-order valence-corrected chi connectivity index (χ4v) is 7.72. The molecule has 3 aromatic heterocycles. The Hall–Kier alpha value is -4.56. The molecule has 11 nitrogen and oxygen atoms in total. The molecule has 0 saturated carbocycles. The number of benzene rings is 2. The maximum absolute atomic E-state index is 13.9. The van der Waals surface area contributed by atoms with Gasteiger partial charge in [-0.1, -0.05) is 36.4 Å². The predicted molar refractivity (Wildman–Crippen MR) is 147 cm³/mol. The fraction of sp³-hybridized carbons (Fsp3) is 0.185. The second-order valence-corrected chi connectivity index (χ2v) is 12.9. The van der Waals surface area contributed by atoms with E-state index in [-0.39, 0.29) is 29.0 Å². The van der Waals surface area contributed by atoms with Crippen LogP contribution in [0.1, 0.15) is 34.5 Å². The topological polar surface area (TPSA) is 157 Å². The van der Waals surface area contributed by atoms with Gasteiger partial charge in [0, 0.05) is 12.3 Å². The van der Waals surface area contributed by atoms with Gasteiger partial charge in [0.1, 0.15) is 10.5 Å². The zero-order chi connectivity index (χ0) is 28.8. The Kier molecular flexibility index (Phi) is 6.58. The Morgan fingerprint density at radius 3 is 2.56 bits per heavy atom. The molecule has 41 heavy (non-hydrogen) atoms. The molecule has 1 aliphatic rings. The minimum Gasteiger partial charge on any atom is -0.423 e. The number of imide groups is 1. The number of sulfone groups is 1. The third-order valence-corrected chi connectivity index (χ3v) is 9.70. The van der Waals surface area contributed by atoms with Gasteiger partial charge in [-0.15, -0.1) is 21.5 Å². The number of hydrogen-bond acceptors (Lipinski definition) is 10. The summed E-state index contributed by atoms with van der Waals surface area (Å²) >= 11 is 1.14. The maximum atomic E-state index is 13.9. The van der Waals surface area contributed by atoms with Crippen LogP contribution in [0.4, 0.5) is 9.18 Å². The van der Waals surface area contributed by atoms with Crippen molar-refractivity contribution in [2.45, 2.75) is 29.9 Å². The summed E-state index contributed by atoms with van der Waals surface area (Å²) < 4.78 is 48.0. The van der Waals surface area contributed by atoms with Gasteiger partial charge < -0.3 is 9.73 Å². The number of nitrogens with zero attached hydrogens (tertiary/aromatic N) is 4. The molecule has 2 atom stereocenters. The number of thiazole rings is 1. The fourth-order valence-electron chi connectivity index (χ4n) is 4.57. The van der Waals surface area contributed by atoms with E-state index in [4.69, 9.17) is 4.42 Å². The first-order valence-corrected chi connectivity index (χ1v) is 14.9. The first-order chi connectivity index (χ1) is 19.6. The van der Waals surface area contributed by atoms with Gasteiger partial charge in [-0.3, -0.25) is 10.1 Å². The number of halogens is 1. The van der Waals surface area contributed by atoms with E-state index >= 15 is 0 Å². The van der Waals surface area contributed by atoms with Gasteiger partial charge in [0.05, 0.1) is 22.4 Å². The zero-order valence-electron chi connectivity index (χ0n) is 21.4. The predicted octanol–water partition coefficient (Wildman–Crippen LogP) is 3.73. The van der Waals surface area contributed by atoms with Crippen molar-refractivity contribution < 1.29 is 26.8 Å². The van der Waals surface area contributed by atoms with Crippen LogP contribution in [0.2, 0.25) is 0 Å². The summed E-state index contributed by atoms with van der Waals surface area (Å²) in [5.41, 5.74) is 1.10. The van der Waals surface area contributed by atoms with E-state index in [1.165, 1.54) is 19.2 Å². The Balaban J connectivity index is 1.40. The average molecular weight is 593 g/mol. The number of aromatic nitrogens is 4. The molecular weight excluding hydrogens is 571 g/mol. The highest BCUT2D eigenvalue weighted by atomic mass is 32.2. The third-order valence-electron chi connectivity index (χ3n) is 6.59. The quantitative estimate of drug-likeness (QED) is 0.202. The molecule has 1 fully saturated rings. The Morgan fingerprint density at radius 2 is 1.83 bits per heavy atom. The van der Waals surface area contributed by atoms with Crippen molar-refractivity contribution >= 4 is 43.3 Å². The summed E-state index contributed by atoms with van der Waals surface area (Å²) in [6.45, 7) is 1.50. The van der Waals surface area contributed by atoms with Crippen molar-refractivity contribution in [3.63, 3.8) is 0 Å². The van der Waals surface area contributed by atoms with E-state index in [1.54, 1.807) is 54.6 Å². The van der Waals surface area contributed by atoms with Gasteiger partial charge in [-0.05, 0) is 41.8 Å². The molecule has 2 aromatic carbocycles. The molecule has 2 unspecified atom stereocenters. The second kappa shape index (κ2) is 10.1. The lowest BCUT2D eigenvalue weighted by atomic mass is 9.98. The van der Waals surface area contributed by atoms with Crippen molar-refractivity contribution in [1.82, 2.24) is 30.8 Å². The lowest BCUT2D eigenvalue weighted by Gasteiger charge is -2.17. The first kappa shape index (κ1) is 26.7. The molecule has 208 valence electrons. The van der Waals surface area contributed by atoms with Crippen LogP contribution in [0.3, 0.4) is 0 Å². The van der Waals surface area contributed by atoms with Crippen LogP contribution >= 0.6 is 11.3 Å². The molecule has 6 rings (SSSR count). The third kappa shape index (κ3) is 5.30. The Labute approximate surface area is 236 Å². The Morgan fingerprint density at radius 1 is 1.05 bits per heavy atom. The van der Waals surface area contributed by atoms with Crippen molar-refractivity contribution in [3.8, 4) is 11.1 Å². The summed E-state index contributed by atoms with van der Waals surface area (Å²) in [6.07, 6.45) is 1.22. The summed E-state index contributed by atoms with van der Waals surface area (Å²) in [5.74, 6) is -1.73. The molecule has 3 amide bonds. The largest absolute Gasteiger partial charge is 0.423 e. The number of carbonyl (C=O) groups is 2. The summed E-state index contributed by atoms with van der Waals surface area (Å²) in [6, 6.07) is 16.3. The lowest BCUT2D eigenvalue weighted by Crippen LogP contribution is -2.45. The van der Waals surface area contributed by atoms with Gasteiger partial charge in [-0.25, -0.2) is 23.2 Å². The van der Waals surface area contributed by atoms with E-state index in [9.17, 15) is 22.4 Å². The van der Waals surface area contributed by atoms with Gasteiger partial charge in [0.25, 0.3) is 5.91 Å². The maximum Gasteiger partial charge on any atom is 0.322 e. The van der Waals surface area contributed by atoms with Crippen LogP contribution < -0.4 is 10.6 Å². The molecule has 14 heteroatoms.